The third-order valence-electron chi connectivity index (χ3n) is 4.57. The summed E-state index contributed by atoms with van der Waals surface area (Å²) in [5.74, 6) is 0.0667. The molecule has 1 spiro atoms. The molecule has 2 aliphatic rings. The Kier molecular flexibility index (Phi) is 3.78. The number of rotatable bonds is 1. The molecule has 23 heavy (non-hydrogen) atoms. The normalized spacial score (nSPS) is 23.2. The molecule has 3 rings (SSSR count). The average Bonchev–Trinajstić information content (AvgIpc) is 2.52. The van der Waals surface area contributed by atoms with Gasteiger partial charge in [-0.05, 0) is 45.7 Å². The highest BCUT2D eigenvalue weighted by molar-refractivity contribution is 5.90. The molecule has 1 unspecified atom stereocenters. The Morgan fingerprint density at radius 1 is 1.35 bits per heavy atom. The first-order valence-electron chi connectivity index (χ1n) is 8.02. The van der Waals surface area contributed by atoms with Gasteiger partial charge >= 0.3 is 6.09 Å². The van der Waals surface area contributed by atoms with Gasteiger partial charge < -0.3 is 15.0 Å². The quantitative estimate of drug-likeness (QED) is 0.807. The highest BCUT2D eigenvalue weighted by Crippen LogP contribution is 2.49. The first kappa shape index (κ1) is 15.8. The van der Waals surface area contributed by atoms with Crippen molar-refractivity contribution in [2.45, 2.75) is 45.3 Å². The van der Waals surface area contributed by atoms with Crippen LogP contribution in [0.5, 0.6) is 0 Å². The van der Waals surface area contributed by atoms with Crippen LogP contribution in [0.1, 0.15) is 45.3 Å². The van der Waals surface area contributed by atoms with Crippen molar-refractivity contribution in [3.8, 4) is 0 Å². The molecule has 2 aliphatic heterocycles. The van der Waals surface area contributed by atoms with E-state index in [1.165, 1.54) is 0 Å². The summed E-state index contributed by atoms with van der Waals surface area (Å²) in [7, 11) is 0. The molecule has 2 amide bonds. The topological polar surface area (TPSA) is 71.5 Å². The Morgan fingerprint density at radius 3 is 2.57 bits per heavy atom. The molecule has 0 aliphatic carbocycles. The molecule has 6 heteroatoms. The van der Waals surface area contributed by atoms with Gasteiger partial charge in [-0.2, -0.15) is 0 Å². The maximum absolute atomic E-state index is 12.2. The maximum Gasteiger partial charge on any atom is 0.410 e. The third-order valence-corrected chi connectivity index (χ3v) is 4.57. The van der Waals surface area contributed by atoms with E-state index in [9.17, 15) is 9.59 Å². The van der Waals surface area contributed by atoms with Crippen LogP contribution in [-0.2, 0) is 9.53 Å². The minimum absolute atomic E-state index is 0.0583. The Hall–Kier alpha value is -2.11. The van der Waals surface area contributed by atoms with Crippen molar-refractivity contribution in [3.05, 3.63) is 30.1 Å². The van der Waals surface area contributed by atoms with Crippen molar-refractivity contribution in [1.29, 1.82) is 0 Å². The smallest absolute Gasteiger partial charge is 0.410 e. The van der Waals surface area contributed by atoms with E-state index in [1.807, 2.05) is 39.0 Å². The van der Waals surface area contributed by atoms with Crippen LogP contribution in [0.15, 0.2) is 24.4 Å². The molecule has 124 valence electrons. The maximum atomic E-state index is 12.2. The SMILES string of the molecule is CC(C)(C)OC(=O)N1CCC2(CC1)C(=O)NC2c1ccccn1. The van der Waals surface area contributed by atoms with Crippen molar-refractivity contribution in [2.75, 3.05) is 13.1 Å². The minimum atomic E-state index is -0.503. The molecule has 2 fully saturated rings. The van der Waals surface area contributed by atoms with E-state index in [1.54, 1.807) is 11.1 Å². The summed E-state index contributed by atoms with van der Waals surface area (Å²) in [4.78, 5) is 30.4. The number of aromatic nitrogens is 1. The molecular formula is C17H23N3O3. The molecule has 1 aromatic heterocycles. The number of piperidine rings is 1. The summed E-state index contributed by atoms with van der Waals surface area (Å²) >= 11 is 0. The molecule has 1 atom stereocenters. The van der Waals surface area contributed by atoms with Gasteiger partial charge in [0.25, 0.3) is 0 Å². The summed E-state index contributed by atoms with van der Waals surface area (Å²) in [5.41, 5.74) is -0.0542. The van der Waals surface area contributed by atoms with Crippen molar-refractivity contribution < 1.29 is 14.3 Å². The molecule has 2 saturated heterocycles. The van der Waals surface area contributed by atoms with Gasteiger partial charge in [-0.15, -0.1) is 0 Å². The molecule has 6 nitrogen and oxygen atoms in total. The van der Waals surface area contributed by atoms with Gasteiger partial charge in [0.1, 0.15) is 5.60 Å². The van der Waals surface area contributed by atoms with Gasteiger partial charge in [-0.3, -0.25) is 9.78 Å². The second kappa shape index (κ2) is 5.51. The van der Waals surface area contributed by atoms with E-state index in [0.717, 1.165) is 5.69 Å². The van der Waals surface area contributed by atoms with Crippen LogP contribution in [0, 0.1) is 5.41 Å². The Morgan fingerprint density at radius 2 is 2.04 bits per heavy atom. The zero-order valence-corrected chi connectivity index (χ0v) is 13.8. The largest absolute Gasteiger partial charge is 0.444 e. The van der Waals surface area contributed by atoms with Crippen LogP contribution >= 0.6 is 0 Å². The van der Waals surface area contributed by atoms with Crippen molar-refractivity contribution in [1.82, 2.24) is 15.2 Å². The molecule has 0 radical (unpaired) electrons. The van der Waals surface area contributed by atoms with E-state index in [0.29, 0.717) is 25.9 Å². The lowest BCUT2D eigenvalue weighted by Crippen LogP contribution is -2.65. The summed E-state index contributed by atoms with van der Waals surface area (Å²) in [6.45, 7) is 6.63. The second-order valence-corrected chi connectivity index (χ2v) is 7.28. The molecule has 3 heterocycles. The van der Waals surface area contributed by atoms with Gasteiger partial charge in [-0.25, -0.2) is 4.79 Å². The fraction of sp³-hybridized carbons (Fsp3) is 0.588. The van der Waals surface area contributed by atoms with Crippen LogP contribution in [0.2, 0.25) is 0 Å². The Balaban J connectivity index is 1.67. The van der Waals surface area contributed by atoms with Gasteiger partial charge in [-0.1, -0.05) is 6.07 Å². The predicted octanol–water partition coefficient (Wildman–Crippen LogP) is 2.27. The summed E-state index contributed by atoms with van der Waals surface area (Å²) in [6.07, 6.45) is 2.71. The molecule has 1 aromatic rings. The Labute approximate surface area is 136 Å². The van der Waals surface area contributed by atoms with E-state index < -0.39 is 11.0 Å². The number of β-lactam (4-membered cyclic amide) rings is 1. The first-order chi connectivity index (χ1) is 10.8. The number of pyridine rings is 1. The number of amides is 2. The van der Waals surface area contributed by atoms with Crippen LogP contribution in [0.25, 0.3) is 0 Å². The van der Waals surface area contributed by atoms with Crippen LogP contribution in [-0.4, -0.2) is 40.6 Å². The summed E-state index contributed by atoms with van der Waals surface area (Å²) in [6, 6.07) is 5.67. The number of hydrogen-bond donors (Lipinski definition) is 1. The van der Waals surface area contributed by atoms with Crippen LogP contribution in [0.3, 0.4) is 0 Å². The minimum Gasteiger partial charge on any atom is -0.444 e. The van der Waals surface area contributed by atoms with Crippen LogP contribution in [0.4, 0.5) is 4.79 Å². The fourth-order valence-electron chi connectivity index (χ4n) is 3.30. The number of hydrogen-bond acceptors (Lipinski definition) is 4. The second-order valence-electron chi connectivity index (χ2n) is 7.28. The summed E-state index contributed by atoms with van der Waals surface area (Å²) < 4.78 is 5.41. The van der Waals surface area contributed by atoms with Gasteiger partial charge in [0.05, 0.1) is 17.2 Å². The lowest BCUT2D eigenvalue weighted by atomic mass is 9.65. The zero-order chi connectivity index (χ0) is 16.7. The number of carbonyl (C=O) groups is 2. The molecule has 0 bridgehead atoms. The molecule has 0 saturated carbocycles. The zero-order valence-electron chi connectivity index (χ0n) is 13.8. The van der Waals surface area contributed by atoms with Crippen molar-refractivity contribution in [2.24, 2.45) is 5.41 Å². The van der Waals surface area contributed by atoms with Crippen molar-refractivity contribution >= 4 is 12.0 Å². The number of carbonyl (C=O) groups excluding carboxylic acids is 2. The van der Waals surface area contributed by atoms with E-state index in [-0.39, 0.29) is 18.0 Å². The van der Waals surface area contributed by atoms with Gasteiger partial charge in [0.15, 0.2) is 0 Å². The highest BCUT2D eigenvalue weighted by Gasteiger charge is 2.57. The van der Waals surface area contributed by atoms with E-state index in [4.69, 9.17) is 4.74 Å². The number of nitrogens with one attached hydrogen (secondary N) is 1. The number of likely N-dealkylation sites (tertiary alicyclic amines) is 1. The number of nitrogens with zero attached hydrogens (tertiary/aromatic N) is 2. The third kappa shape index (κ3) is 2.90. The lowest BCUT2D eigenvalue weighted by Gasteiger charge is -2.52. The molecular weight excluding hydrogens is 294 g/mol. The van der Waals surface area contributed by atoms with Gasteiger partial charge in [0.2, 0.25) is 5.91 Å². The molecule has 1 N–H and O–H groups in total. The number of ether oxygens (including phenoxy) is 1. The summed E-state index contributed by atoms with van der Waals surface area (Å²) in [5, 5.41) is 2.97. The standard InChI is InChI=1S/C17H23N3O3/c1-16(2,3)23-15(22)20-10-7-17(8-11-20)13(19-14(17)21)12-6-4-5-9-18-12/h4-6,9,13H,7-8,10-11H2,1-3H3,(H,19,21). The first-order valence-corrected chi connectivity index (χ1v) is 8.02. The lowest BCUT2D eigenvalue weighted by molar-refractivity contribution is -0.151. The monoisotopic (exact) mass is 317 g/mol. The Bertz CT molecular complexity index is 601. The van der Waals surface area contributed by atoms with Crippen molar-refractivity contribution in [3.63, 3.8) is 0 Å². The van der Waals surface area contributed by atoms with E-state index in [2.05, 4.69) is 10.3 Å². The van der Waals surface area contributed by atoms with E-state index >= 15 is 0 Å². The van der Waals surface area contributed by atoms with Gasteiger partial charge in [0, 0.05) is 19.3 Å². The molecule has 0 aromatic carbocycles. The average molecular weight is 317 g/mol. The highest BCUT2D eigenvalue weighted by atomic mass is 16.6. The fourth-order valence-corrected chi connectivity index (χ4v) is 3.30. The predicted molar refractivity (Wildman–Crippen MR) is 84.6 cm³/mol. The van der Waals surface area contributed by atoms with Crippen LogP contribution < -0.4 is 5.32 Å².